The van der Waals surface area contributed by atoms with E-state index in [1.165, 1.54) is 30.4 Å². The molecule has 1 aromatic rings. The van der Waals surface area contributed by atoms with E-state index in [1.807, 2.05) is 11.0 Å². The second-order valence-corrected chi connectivity index (χ2v) is 10.5. The number of amides is 2. The standard InChI is InChI=1S/C27H39N3O3/c1-33-25-10-8-20(9-11-25)26(31)30-15-12-21-18-22(6-7-23(21)19-30)27(32)29-14-3-13-28(16-17-29)24-4-2-5-24/h6-7,18,20,24-25H,2-5,8-17,19H2,1H3/t20-,25-. The highest BCUT2D eigenvalue weighted by Crippen LogP contribution is 2.30. The number of rotatable bonds is 4. The van der Waals surface area contributed by atoms with Crippen LogP contribution in [-0.4, -0.2) is 78.5 Å². The Morgan fingerprint density at radius 1 is 0.848 bits per heavy atom. The summed E-state index contributed by atoms with van der Waals surface area (Å²) in [7, 11) is 1.77. The van der Waals surface area contributed by atoms with Crippen LogP contribution in [0.2, 0.25) is 0 Å². The van der Waals surface area contributed by atoms with E-state index in [0.29, 0.717) is 18.6 Å². The van der Waals surface area contributed by atoms with Crippen molar-refractivity contribution in [3.63, 3.8) is 0 Å². The van der Waals surface area contributed by atoms with Crippen molar-refractivity contribution in [2.75, 3.05) is 39.8 Å². The lowest BCUT2D eigenvalue weighted by molar-refractivity contribution is -0.138. The summed E-state index contributed by atoms with van der Waals surface area (Å²) in [5.74, 6) is 0.610. The minimum Gasteiger partial charge on any atom is -0.381 e. The molecule has 33 heavy (non-hydrogen) atoms. The van der Waals surface area contributed by atoms with Crippen molar-refractivity contribution in [2.24, 2.45) is 5.92 Å². The molecule has 2 heterocycles. The van der Waals surface area contributed by atoms with Gasteiger partial charge in [-0.2, -0.15) is 0 Å². The van der Waals surface area contributed by atoms with Crippen LogP contribution in [0.25, 0.3) is 0 Å². The highest BCUT2D eigenvalue weighted by Gasteiger charge is 2.32. The smallest absolute Gasteiger partial charge is 0.253 e. The number of hydrogen-bond acceptors (Lipinski definition) is 4. The van der Waals surface area contributed by atoms with Crippen molar-refractivity contribution in [3.05, 3.63) is 34.9 Å². The first-order chi connectivity index (χ1) is 16.1. The van der Waals surface area contributed by atoms with Gasteiger partial charge >= 0.3 is 0 Å². The van der Waals surface area contributed by atoms with Crippen molar-refractivity contribution in [2.45, 2.75) is 76.5 Å². The summed E-state index contributed by atoms with van der Waals surface area (Å²) in [6, 6.07) is 6.91. The van der Waals surface area contributed by atoms with Gasteiger partial charge < -0.3 is 14.5 Å². The number of benzene rings is 1. The molecule has 0 aromatic heterocycles. The zero-order chi connectivity index (χ0) is 22.8. The van der Waals surface area contributed by atoms with Gasteiger partial charge in [0.2, 0.25) is 5.91 Å². The SMILES string of the molecule is CO[C@H]1CC[C@H](C(=O)N2CCc3cc(C(=O)N4CCCN(C5CCC5)CC4)ccc3C2)CC1. The van der Waals surface area contributed by atoms with E-state index >= 15 is 0 Å². The summed E-state index contributed by atoms with van der Waals surface area (Å²) in [6.07, 6.45) is 10.1. The van der Waals surface area contributed by atoms with Gasteiger partial charge in [0.1, 0.15) is 0 Å². The molecule has 0 unspecified atom stereocenters. The first-order valence-corrected chi connectivity index (χ1v) is 13.1. The van der Waals surface area contributed by atoms with Crippen molar-refractivity contribution in [1.82, 2.24) is 14.7 Å². The summed E-state index contributed by atoms with van der Waals surface area (Å²) in [5, 5.41) is 0. The zero-order valence-electron chi connectivity index (χ0n) is 20.1. The molecule has 2 aliphatic heterocycles. The van der Waals surface area contributed by atoms with Gasteiger partial charge in [-0.15, -0.1) is 0 Å². The van der Waals surface area contributed by atoms with Crippen LogP contribution in [0.1, 0.15) is 72.9 Å². The average molecular weight is 454 g/mol. The maximum absolute atomic E-state index is 13.3. The molecular formula is C27H39N3O3. The van der Waals surface area contributed by atoms with Crippen LogP contribution in [0.5, 0.6) is 0 Å². The normalized spacial score (nSPS) is 26.9. The first-order valence-electron chi connectivity index (χ1n) is 13.1. The van der Waals surface area contributed by atoms with E-state index in [4.69, 9.17) is 4.74 Å². The van der Waals surface area contributed by atoms with Gasteiger partial charge in [0, 0.05) is 63.9 Å². The highest BCUT2D eigenvalue weighted by atomic mass is 16.5. The molecule has 0 spiro atoms. The summed E-state index contributed by atoms with van der Waals surface area (Å²) in [6.45, 7) is 5.24. The van der Waals surface area contributed by atoms with E-state index in [1.54, 1.807) is 7.11 Å². The van der Waals surface area contributed by atoms with E-state index in [0.717, 1.165) is 82.9 Å². The summed E-state index contributed by atoms with van der Waals surface area (Å²) in [4.78, 5) is 33.0. The van der Waals surface area contributed by atoms with Crippen LogP contribution in [0.4, 0.5) is 0 Å². The Balaban J connectivity index is 1.18. The third-order valence-electron chi connectivity index (χ3n) is 8.54. The van der Waals surface area contributed by atoms with Crippen LogP contribution in [0, 0.1) is 5.92 Å². The van der Waals surface area contributed by atoms with Crippen molar-refractivity contribution in [3.8, 4) is 0 Å². The van der Waals surface area contributed by atoms with Crippen molar-refractivity contribution >= 4 is 11.8 Å². The number of nitrogens with zero attached hydrogens (tertiary/aromatic N) is 3. The van der Waals surface area contributed by atoms with Gasteiger partial charge in [-0.3, -0.25) is 14.5 Å². The monoisotopic (exact) mass is 453 g/mol. The van der Waals surface area contributed by atoms with Gasteiger partial charge in [-0.05, 0) is 74.6 Å². The second kappa shape index (κ2) is 10.1. The van der Waals surface area contributed by atoms with Gasteiger partial charge in [0.05, 0.1) is 6.10 Å². The molecule has 6 nitrogen and oxygen atoms in total. The summed E-state index contributed by atoms with van der Waals surface area (Å²) >= 11 is 0. The Morgan fingerprint density at radius 3 is 2.39 bits per heavy atom. The molecule has 0 atom stereocenters. The predicted octanol–water partition coefficient (Wildman–Crippen LogP) is 3.48. The molecule has 2 saturated carbocycles. The van der Waals surface area contributed by atoms with E-state index in [9.17, 15) is 9.59 Å². The van der Waals surface area contributed by atoms with Gasteiger partial charge in [-0.1, -0.05) is 12.5 Å². The van der Waals surface area contributed by atoms with E-state index in [-0.39, 0.29) is 11.8 Å². The van der Waals surface area contributed by atoms with Crippen LogP contribution < -0.4 is 0 Å². The number of ether oxygens (including phenoxy) is 1. The first kappa shape index (κ1) is 22.9. The Kier molecular flexibility index (Phi) is 7.02. The molecular weight excluding hydrogens is 414 g/mol. The Morgan fingerprint density at radius 2 is 1.67 bits per heavy atom. The number of hydrogen-bond donors (Lipinski definition) is 0. The fourth-order valence-corrected chi connectivity index (χ4v) is 6.12. The molecule has 0 radical (unpaired) electrons. The molecule has 0 bridgehead atoms. The number of carbonyl (C=O) groups is 2. The van der Waals surface area contributed by atoms with E-state index in [2.05, 4.69) is 21.9 Å². The number of methoxy groups -OCH3 is 1. The molecule has 3 fully saturated rings. The fraction of sp³-hybridized carbons (Fsp3) is 0.704. The lowest BCUT2D eigenvalue weighted by Gasteiger charge is -2.36. The summed E-state index contributed by atoms with van der Waals surface area (Å²) < 4.78 is 5.46. The molecule has 0 N–H and O–H groups in total. The van der Waals surface area contributed by atoms with E-state index < -0.39 is 0 Å². The molecule has 5 rings (SSSR count). The Labute approximate surface area is 198 Å². The maximum Gasteiger partial charge on any atom is 0.253 e. The Bertz CT molecular complexity index is 860. The van der Waals surface area contributed by atoms with Crippen LogP contribution in [-0.2, 0) is 22.5 Å². The summed E-state index contributed by atoms with van der Waals surface area (Å²) in [5.41, 5.74) is 3.24. The minimum atomic E-state index is 0.140. The molecule has 1 saturated heterocycles. The third kappa shape index (κ3) is 4.97. The molecule has 2 aliphatic carbocycles. The van der Waals surface area contributed by atoms with Gasteiger partial charge in [0.25, 0.3) is 5.91 Å². The third-order valence-corrected chi connectivity index (χ3v) is 8.54. The molecule has 180 valence electrons. The second-order valence-electron chi connectivity index (χ2n) is 10.5. The van der Waals surface area contributed by atoms with Crippen molar-refractivity contribution < 1.29 is 14.3 Å². The topological polar surface area (TPSA) is 53.1 Å². The predicted molar refractivity (Wildman–Crippen MR) is 128 cm³/mol. The van der Waals surface area contributed by atoms with Crippen LogP contribution in [0.3, 0.4) is 0 Å². The quantitative estimate of drug-likeness (QED) is 0.701. The number of carbonyl (C=O) groups excluding carboxylic acids is 2. The molecule has 4 aliphatic rings. The van der Waals surface area contributed by atoms with Gasteiger partial charge in [0.15, 0.2) is 0 Å². The van der Waals surface area contributed by atoms with Crippen LogP contribution >= 0.6 is 0 Å². The lowest BCUT2D eigenvalue weighted by atomic mass is 9.85. The average Bonchev–Trinajstić information content (AvgIpc) is 3.07. The lowest BCUT2D eigenvalue weighted by Crippen LogP contribution is -2.43. The largest absolute Gasteiger partial charge is 0.381 e. The molecule has 6 heteroatoms. The maximum atomic E-state index is 13.3. The number of fused-ring (bicyclic) bond motifs is 1. The minimum absolute atomic E-state index is 0.140. The zero-order valence-corrected chi connectivity index (χ0v) is 20.1. The fourth-order valence-electron chi connectivity index (χ4n) is 6.12. The van der Waals surface area contributed by atoms with Gasteiger partial charge in [-0.25, -0.2) is 0 Å². The Hall–Kier alpha value is -1.92. The van der Waals surface area contributed by atoms with Crippen LogP contribution in [0.15, 0.2) is 18.2 Å². The molecule has 1 aromatic carbocycles. The van der Waals surface area contributed by atoms with Crippen molar-refractivity contribution in [1.29, 1.82) is 0 Å². The highest BCUT2D eigenvalue weighted by molar-refractivity contribution is 5.94. The molecule has 2 amide bonds.